The second-order valence-corrected chi connectivity index (χ2v) is 6.24. The summed E-state index contributed by atoms with van der Waals surface area (Å²) in [6, 6.07) is 6.84. The number of aryl methyl sites for hydroxylation is 1. The van der Waals surface area contributed by atoms with Gasteiger partial charge in [-0.2, -0.15) is 0 Å². The van der Waals surface area contributed by atoms with E-state index < -0.39 is 0 Å². The van der Waals surface area contributed by atoms with Gasteiger partial charge in [0.15, 0.2) is 0 Å². The second kappa shape index (κ2) is 6.05. The predicted octanol–water partition coefficient (Wildman–Crippen LogP) is 5.06. The van der Waals surface area contributed by atoms with Gasteiger partial charge in [-0.3, -0.25) is 4.98 Å². The van der Waals surface area contributed by atoms with Gasteiger partial charge >= 0.3 is 0 Å². The number of nitrogens with one attached hydrogen (secondary N) is 1. The number of fused-ring (bicyclic) bond motifs is 2. The van der Waals surface area contributed by atoms with Crippen molar-refractivity contribution in [3.63, 3.8) is 0 Å². The Labute approximate surface area is 128 Å². The Kier molecular flexibility index (Phi) is 4.14. The number of rotatable bonds is 4. The van der Waals surface area contributed by atoms with Crippen LogP contribution < -0.4 is 5.32 Å². The minimum absolute atomic E-state index is 0.611. The molecule has 2 heteroatoms. The molecule has 1 N–H and O–H groups in total. The van der Waals surface area contributed by atoms with Crippen molar-refractivity contribution in [2.24, 2.45) is 0 Å². The van der Waals surface area contributed by atoms with Crippen LogP contribution in [0, 0.1) is 0 Å². The minimum Gasteiger partial charge on any atom is -0.384 e. The summed E-state index contributed by atoms with van der Waals surface area (Å²) in [5, 5.41) is 4.94. The monoisotopic (exact) mass is 282 g/mol. The summed E-state index contributed by atoms with van der Waals surface area (Å²) >= 11 is 0. The van der Waals surface area contributed by atoms with E-state index in [2.05, 4.69) is 44.3 Å². The van der Waals surface area contributed by atoms with Crippen molar-refractivity contribution >= 4 is 16.6 Å². The van der Waals surface area contributed by atoms with Gasteiger partial charge in [-0.25, -0.2) is 0 Å². The first-order chi connectivity index (χ1) is 10.2. The fourth-order valence-corrected chi connectivity index (χ4v) is 3.36. The Morgan fingerprint density at radius 3 is 2.76 bits per heavy atom. The smallest absolute Gasteiger partial charge is 0.0726 e. The molecule has 0 saturated heterocycles. The lowest BCUT2D eigenvalue weighted by Gasteiger charge is -2.22. The molecule has 1 unspecified atom stereocenters. The average molecular weight is 282 g/mol. The van der Waals surface area contributed by atoms with E-state index in [0.717, 1.165) is 18.5 Å². The molecule has 0 fully saturated rings. The van der Waals surface area contributed by atoms with Crippen LogP contribution in [-0.2, 0) is 12.8 Å². The fraction of sp³-hybridized carbons (Fsp3) is 0.526. The molecule has 21 heavy (non-hydrogen) atoms. The summed E-state index contributed by atoms with van der Waals surface area (Å²) in [5.41, 5.74) is 6.72. The third-order valence-corrected chi connectivity index (χ3v) is 4.82. The molecule has 1 aliphatic carbocycles. The first kappa shape index (κ1) is 14.4. The van der Waals surface area contributed by atoms with Crippen LogP contribution in [0.25, 0.3) is 10.9 Å². The maximum absolute atomic E-state index is 4.94. The van der Waals surface area contributed by atoms with Gasteiger partial charge in [0.25, 0.3) is 0 Å². The van der Waals surface area contributed by atoms with Crippen molar-refractivity contribution in [2.45, 2.75) is 58.8 Å². The van der Waals surface area contributed by atoms with E-state index >= 15 is 0 Å². The van der Waals surface area contributed by atoms with Crippen LogP contribution in [0.5, 0.6) is 0 Å². The quantitative estimate of drug-likeness (QED) is 0.848. The van der Waals surface area contributed by atoms with E-state index in [0.29, 0.717) is 5.92 Å². The number of aromatic nitrogens is 1. The molecule has 1 aromatic carbocycles. The molecule has 1 heterocycles. The third kappa shape index (κ3) is 2.64. The molecule has 1 aliphatic rings. The fourth-order valence-electron chi connectivity index (χ4n) is 3.36. The summed E-state index contributed by atoms with van der Waals surface area (Å²) in [6.07, 6.45) is 6.07. The van der Waals surface area contributed by atoms with Gasteiger partial charge in [0.1, 0.15) is 0 Å². The second-order valence-electron chi connectivity index (χ2n) is 6.24. The minimum atomic E-state index is 0.611. The Morgan fingerprint density at radius 1 is 1.19 bits per heavy atom. The first-order valence-electron chi connectivity index (χ1n) is 8.43. The van der Waals surface area contributed by atoms with E-state index in [-0.39, 0.29) is 0 Å². The molecule has 3 rings (SSSR count). The molecule has 2 aromatic rings. The van der Waals surface area contributed by atoms with Crippen LogP contribution in [0.4, 0.5) is 5.69 Å². The molecule has 2 nitrogen and oxygen atoms in total. The summed E-state index contributed by atoms with van der Waals surface area (Å²) in [5.74, 6) is 0.611. The van der Waals surface area contributed by atoms with Gasteiger partial charge in [0, 0.05) is 23.3 Å². The van der Waals surface area contributed by atoms with E-state index in [4.69, 9.17) is 4.98 Å². The lowest BCUT2D eigenvalue weighted by atomic mass is 9.91. The summed E-state index contributed by atoms with van der Waals surface area (Å²) in [7, 11) is 0. The van der Waals surface area contributed by atoms with Crippen LogP contribution >= 0.6 is 0 Å². The number of hydrogen-bond acceptors (Lipinski definition) is 2. The lowest BCUT2D eigenvalue weighted by Crippen LogP contribution is -2.11. The first-order valence-corrected chi connectivity index (χ1v) is 8.43. The molecular weight excluding hydrogens is 256 g/mol. The largest absolute Gasteiger partial charge is 0.384 e. The van der Waals surface area contributed by atoms with Gasteiger partial charge in [0.05, 0.1) is 5.52 Å². The maximum atomic E-state index is 4.94. The molecule has 0 amide bonds. The van der Waals surface area contributed by atoms with E-state index in [1.807, 2.05) is 0 Å². The Balaban J connectivity index is 2.21. The molecule has 1 aromatic heterocycles. The van der Waals surface area contributed by atoms with Crippen LogP contribution in [0.3, 0.4) is 0 Å². The Bertz CT molecular complexity index is 646. The van der Waals surface area contributed by atoms with Gasteiger partial charge in [0.2, 0.25) is 0 Å². The van der Waals surface area contributed by atoms with Gasteiger partial charge in [-0.1, -0.05) is 19.9 Å². The molecule has 0 bridgehead atoms. The van der Waals surface area contributed by atoms with Crippen molar-refractivity contribution in [2.75, 3.05) is 11.9 Å². The van der Waals surface area contributed by atoms with Crippen LogP contribution in [0.2, 0.25) is 0 Å². The van der Waals surface area contributed by atoms with Gasteiger partial charge in [-0.05, 0) is 68.2 Å². The Morgan fingerprint density at radius 2 is 2.00 bits per heavy atom. The number of benzene rings is 1. The highest BCUT2D eigenvalue weighted by Gasteiger charge is 2.18. The van der Waals surface area contributed by atoms with E-state index in [1.54, 1.807) is 0 Å². The van der Waals surface area contributed by atoms with Crippen LogP contribution in [-0.4, -0.2) is 11.5 Å². The summed E-state index contributed by atoms with van der Waals surface area (Å²) in [6.45, 7) is 7.71. The standard InChI is InChI=1S/C19H26N2/c1-4-13(3)14-10-11-18-16(12-14)19(20-5-2)15-8-6-7-9-17(15)21-18/h10-13H,4-9H2,1-3H3,(H,20,21). The molecular formula is C19H26N2. The average Bonchev–Trinajstić information content (AvgIpc) is 2.53. The molecule has 0 spiro atoms. The van der Waals surface area contributed by atoms with Crippen LogP contribution in [0.1, 0.15) is 62.8 Å². The number of pyridine rings is 1. The van der Waals surface area contributed by atoms with Crippen molar-refractivity contribution in [1.29, 1.82) is 0 Å². The SMILES string of the molecule is CCNc1c2c(nc3ccc(C(C)CC)cc13)CCCC2. The highest BCUT2D eigenvalue weighted by atomic mass is 14.9. The zero-order valence-corrected chi connectivity index (χ0v) is 13.5. The third-order valence-electron chi connectivity index (χ3n) is 4.82. The van der Waals surface area contributed by atoms with E-state index in [1.165, 1.54) is 53.6 Å². The molecule has 0 radical (unpaired) electrons. The summed E-state index contributed by atoms with van der Waals surface area (Å²) < 4.78 is 0. The number of hydrogen-bond donors (Lipinski definition) is 1. The molecule has 112 valence electrons. The molecule has 0 saturated carbocycles. The lowest BCUT2D eigenvalue weighted by molar-refractivity contribution is 0.672. The van der Waals surface area contributed by atoms with Crippen LogP contribution in [0.15, 0.2) is 18.2 Å². The maximum Gasteiger partial charge on any atom is 0.0726 e. The normalized spacial score (nSPS) is 15.8. The summed E-state index contributed by atoms with van der Waals surface area (Å²) in [4.78, 5) is 4.94. The number of anilines is 1. The zero-order valence-electron chi connectivity index (χ0n) is 13.5. The molecule has 1 atom stereocenters. The highest BCUT2D eigenvalue weighted by Crippen LogP contribution is 2.35. The van der Waals surface area contributed by atoms with Gasteiger partial charge < -0.3 is 5.32 Å². The van der Waals surface area contributed by atoms with Crippen molar-refractivity contribution in [3.05, 3.63) is 35.0 Å². The van der Waals surface area contributed by atoms with Gasteiger partial charge in [-0.15, -0.1) is 0 Å². The number of nitrogens with zero attached hydrogens (tertiary/aromatic N) is 1. The molecule has 0 aliphatic heterocycles. The highest BCUT2D eigenvalue weighted by molar-refractivity contribution is 5.94. The van der Waals surface area contributed by atoms with Crippen molar-refractivity contribution < 1.29 is 0 Å². The van der Waals surface area contributed by atoms with E-state index in [9.17, 15) is 0 Å². The predicted molar refractivity (Wildman–Crippen MR) is 91.3 cm³/mol. The Hall–Kier alpha value is -1.57. The zero-order chi connectivity index (χ0) is 14.8. The topological polar surface area (TPSA) is 24.9 Å². The van der Waals surface area contributed by atoms with Crippen molar-refractivity contribution in [3.8, 4) is 0 Å². The van der Waals surface area contributed by atoms with Crippen molar-refractivity contribution in [1.82, 2.24) is 4.98 Å².